The number of carboxylic acid groups (broad SMARTS) is 1. The number of nitrogens with zero attached hydrogens (tertiary/aromatic N) is 2. The number of likely N-dealkylation sites (N-methyl/N-ethyl adjacent to an activating group) is 2. The smallest absolute Gasteiger partial charge is 0.321 e. The van der Waals surface area contributed by atoms with Crippen molar-refractivity contribution in [3.63, 3.8) is 0 Å². The van der Waals surface area contributed by atoms with Crippen LogP contribution in [0.4, 0.5) is 0 Å². The molecule has 0 aliphatic rings. The van der Waals surface area contributed by atoms with Crippen molar-refractivity contribution in [1.29, 1.82) is 0 Å². The van der Waals surface area contributed by atoms with Gasteiger partial charge in [0.15, 0.2) is 0 Å². The molecule has 0 aromatic rings. The van der Waals surface area contributed by atoms with Crippen molar-refractivity contribution in [2.24, 2.45) is 5.73 Å². The monoisotopic (exact) mass is 231 g/mol. The molecule has 0 aliphatic heterocycles. The van der Waals surface area contributed by atoms with Gasteiger partial charge in [0.1, 0.15) is 6.04 Å². The van der Waals surface area contributed by atoms with E-state index in [4.69, 9.17) is 10.8 Å². The molecule has 1 unspecified atom stereocenters. The Kier molecular flexibility index (Phi) is 6.67. The second kappa shape index (κ2) is 7.19. The lowest BCUT2D eigenvalue weighted by atomic mass is 10.3. The first-order valence-corrected chi connectivity index (χ1v) is 5.37. The predicted molar refractivity (Wildman–Crippen MR) is 61.0 cm³/mol. The molecule has 0 fully saturated rings. The fourth-order valence-electron chi connectivity index (χ4n) is 1.39. The van der Waals surface area contributed by atoms with Crippen molar-refractivity contribution < 1.29 is 14.7 Å². The molecule has 0 bridgehead atoms. The minimum Gasteiger partial charge on any atom is -0.480 e. The van der Waals surface area contributed by atoms with E-state index in [1.54, 1.807) is 16.8 Å². The number of carbonyl (C=O) groups excluding carboxylic acids is 1. The van der Waals surface area contributed by atoms with Gasteiger partial charge in [-0.15, -0.1) is 0 Å². The number of nitrogens with two attached hydrogens (primary N) is 1. The summed E-state index contributed by atoms with van der Waals surface area (Å²) in [6.07, 6.45) is 0. The van der Waals surface area contributed by atoms with Gasteiger partial charge in [0, 0.05) is 19.6 Å². The molecule has 0 aliphatic carbocycles. The van der Waals surface area contributed by atoms with Crippen LogP contribution in [0.5, 0.6) is 0 Å². The van der Waals surface area contributed by atoms with Crippen LogP contribution in [-0.4, -0.2) is 66.1 Å². The van der Waals surface area contributed by atoms with Gasteiger partial charge in [0.2, 0.25) is 5.91 Å². The van der Waals surface area contributed by atoms with E-state index in [1.165, 1.54) is 0 Å². The van der Waals surface area contributed by atoms with Crippen LogP contribution in [-0.2, 0) is 9.59 Å². The zero-order valence-corrected chi connectivity index (χ0v) is 10.1. The number of hydrogen-bond donors (Lipinski definition) is 2. The quantitative estimate of drug-likeness (QED) is 0.599. The van der Waals surface area contributed by atoms with Gasteiger partial charge in [-0.2, -0.15) is 0 Å². The third-order valence-corrected chi connectivity index (χ3v) is 2.35. The zero-order chi connectivity index (χ0) is 12.7. The van der Waals surface area contributed by atoms with E-state index >= 15 is 0 Å². The van der Waals surface area contributed by atoms with E-state index < -0.39 is 12.0 Å². The SMILES string of the molecule is CCN(CC)C(=O)CN(C)CC(N)C(=O)O. The Morgan fingerprint density at radius 1 is 1.31 bits per heavy atom. The molecular weight excluding hydrogens is 210 g/mol. The summed E-state index contributed by atoms with van der Waals surface area (Å²) in [7, 11) is 1.68. The highest BCUT2D eigenvalue weighted by Crippen LogP contribution is 1.93. The normalized spacial score (nSPS) is 12.6. The van der Waals surface area contributed by atoms with E-state index in [1.807, 2.05) is 13.8 Å². The summed E-state index contributed by atoms with van der Waals surface area (Å²) in [6, 6.07) is -0.950. The first kappa shape index (κ1) is 14.9. The molecule has 0 aromatic heterocycles. The van der Waals surface area contributed by atoms with Crippen LogP contribution in [0.25, 0.3) is 0 Å². The Balaban J connectivity index is 4.08. The summed E-state index contributed by atoms with van der Waals surface area (Å²) in [5.41, 5.74) is 5.37. The molecular formula is C10H21N3O3. The lowest BCUT2D eigenvalue weighted by Crippen LogP contribution is -2.45. The molecule has 0 spiro atoms. The van der Waals surface area contributed by atoms with Crippen LogP contribution in [0.15, 0.2) is 0 Å². The largest absolute Gasteiger partial charge is 0.480 e. The minimum absolute atomic E-state index is 0.00918. The molecule has 6 heteroatoms. The first-order valence-electron chi connectivity index (χ1n) is 5.37. The van der Waals surface area contributed by atoms with E-state index in [2.05, 4.69) is 0 Å². The van der Waals surface area contributed by atoms with Gasteiger partial charge in [-0.05, 0) is 20.9 Å². The molecule has 0 aromatic carbocycles. The maximum absolute atomic E-state index is 11.7. The number of carboxylic acids is 1. The third kappa shape index (κ3) is 5.09. The summed E-state index contributed by atoms with van der Waals surface area (Å²) in [5.74, 6) is -1.06. The fraction of sp³-hybridized carbons (Fsp3) is 0.800. The van der Waals surface area contributed by atoms with Gasteiger partial charge in [0.05, 0.1) is 6.54 Å². The van der Waals surface area contributed by atoms with Gasteiger partial charge in [-0.1, -0.05) is 0 Å². The second-order valence-electron chi connectivity index (χ2n) is 3.71. The first-order chi connectivity index (χ1) is 7.42. The molecule has 0 rings (SSSR count). The number of amides is 1. The second-order valence-corrected chi connectivity index (χ2v) is 3.71. The molecule has 0 radical (unpaired) electrons. The van der Waals surface area contributed by atoms with Crippen LogP contribution in [0, 0.1) is 0 Å². The van der Waals surface area contributed by atoms with Gasteiger partial charge in [0.25, 0.3) is 0 Å². The van der Waals surface area contributed by atoms with Crippen LogP contribution >= 0.6 is 0 Å². The molecule has 1 atom stereocenters. The highest BCUT2D eigenvalue weighted by atomic mass is 16.4. The highest BCUT2D eigenvalue weighted by molar-refractivity contribution is 5.78. The molecule has 94 valence electrons. The number of hydrogen-bond acceptors (Lipinski definition) is 4. The lowest BCUT2D eigenvalue weighted by Gasteiger charge is -2.23. The Bertz CT molecular complexity index is 241. The number of aliphatic carboxylic acids is 1. The van der Waals surface area contributed by atoms with Crippen molar-refractivity contribution >= 4 is 11.9 Å². The third-order valence-electron chi connectivity index (χ3n) is 2.35. The molecule has 16 heavy (non-hydrogen) atoms. The Morgan fingerprint density at radius 3 is 2.19 bits per heavy atom. The summed E-state index contributed by atoms with van der Waals surface area (Å²) >= 11 is 0. The minimum atomic E-state index is -1.05. The Labute approximate surface area is 96.0 Å². The molecule has 1 amide bonds. The van der Waals surface area contributed by atoms with Crippen LogP contribution in [0.2, 0.25) is 0 Å². The van der Waals surface area contributed by atoms with Crippen LogP contribution in [0.1, 0.15) is 13.8 Å². The molecule has 0 saturated carbocycles. The summed E-state index contributed by atoms with van der Waals surface area (Å²) < 4.78 is 0. The van der Waals surface area contributed by atoms with Crippen molar-refractivity contribution in [2.75, 3.05) is 33.2 Å². The summed E-state index contributed by atoms with van der Waals surface area (Å²) in [6.45, 7) is 5.50. The summed E-state index contributed by atoms with van der Waals surface area (Å²) in [4.78, 5) is 25.5. The predicted octanol–water partition coefficient (Wildman–Crippen LogP) is -0.801. The van der Waals surface area contributed by atoms with E-state index in [-0.39, 0.29) is 19.0 Å². The number of carbonyl (C=O) groups is 2. The topological polar surface area (TPSA) is 86.9 Å². The van der Waals surface area contributed by atoms with Gasteiger partial charge in [-0.25, -0.2) is 0 Å². The Morgan fingerprint density at radius 2 is 1.81 bits per heavy atom. The molecule has 3 N–H and O–H groups in total. The highest BCUT2D eigenvalue weighted by Gasteiger charge is 2.17. The van der Waals surface area contributed by atoms with Crippen LogP contribution < -0.4 is 5.73 Å². The van der Waals surface area contributed by atoms with Gasteiger partial charge < -0.3 is 15.7 Å². The van der Waals surface area contributed by atoms with E-state index in [9.17, 15) is 9.59 Å². The standard InChI is InChI=1S/C10H21N3O3/c1-4-13(5-2)9(14)7-12(3)6-8(11)10(15)16/h8H,4-7,11H2,1-3H3,(H,15,16). The van der Waals surface area contributed by atoms with Gasteiger partial charge in [-0.3, -0.25) is 14.5 Å². The van der Waals surface area contributed by atoms with Crippen molar-refractivity contribution in [1.82, 2.24) is 9.80 Å². The average molecular weight is 231 g/mol. The zero-order valence-electron chi connectivity index (χ0n) is 10.1. The summed E-state index contributed by atoms with van der Waals surface area (Å²) in [5, 5.41) is 8.62. The van der Waals surface area contributed by atoms with Gasteiger partial charge >= 0.3 is 5.97 Å². The maximum atomic E-state index is 11.7. The Hall–Kier alpha value is -1.14. The van der Waals surface area contributed by atoms with Crippen molar-refractivity contribution in [3.8, 4) is 0 Å². The number of rotatable bonds is 7. The van der Waals surface area contributed by atoms with Crippen molar-refractivity contribution in [2.45, 2.75) is 19.9 Å². The maximum Gasteiger partial charge on any atom is 0.321 e. The fourth-order valence-corrected chi connectivity index (χ4v) is 1.39. The van der Waals surface area contributed by atoms with Crippen molar-refractivity contribution in [3.05, 3.63) is 0 Å². The van der Waals surface area contributed by atoms with E-state index in [0.29, 0.717) is 13.1 Å². The molecule has 0 heterocycles. The van der Waals surface area contributed by atoms with E-state index in [0.717, 1.165) is 0 Å². The lowest BCUT2D eigenvalue weighted by molar-refractivity contribution is -0.140. The average Bonchev–Trinajstić information content (AvgIpc) is 2.18. The molecule has 6 nitrogen and oxygen atoms in total. The van der Waals surface area contributed by atoms with Crippen LogP contribution in [0.3, 0.4) is 0 Å². The molecule has 0 saturated heterocycles.